The van der Waals surface area contributed by atoms with Gasteiger partial charge in [-0.05, 0) is 63.4 Å². The quantitative estimate of drug-likeness (QED) is 0.909. The van der Waals surface area contributed by atoms with E-state index < -0.39 is 0 Å². The molecule has 0 aliphatic carbocycles. The summed E-state index contributed by atoms with van der Waals surface area (Å²) < 4.78 is 0. The lowest BCUT2D eigenvalue weighted by molar-refractivity contribution is 0.163. The lowest BCUT2D eigenvalue weighted by Gasteiger charge is -2.34. The summed E-state index contributed by atoms with van der Waals surface area (Å²) in [6.45, 7) is 4.73. The Morgan fingerprint density at radius 2 is 2.21 bits per heavy atom. The molecule has 19 heavy (non-hydrogen) atoms. The second-order valence-corrected chi connectivity index (χ2v) is 6.32. The van der Waals surface area contributed by atoms with Crippen LogP contribution in [0.3, 0.4) is 0 Å². The normalized spacial score (nSPS) is 29.8. The maximum atomic E-state index is 6.13. The molecule has 104 valence electrons. The molecule has 0 amide bonds. The fourth-order valence-electron chi connectivity index (χ4n) is 3.73. The molecule has 0 bridgehead atoms. The average molecular weight is 279 g/mol. The van der Waals surface area contributed by atoms with E-state index in [1.54, 1.807) is 0 Å². The largest absolute Gasteiger partial charge is 0.312 e. The smallest absolute Gasteiger partial charge is 0.0409 e. The van der Waals surface area contributed by atoms with Gasteiger partial charge in [0, 0.05) is 23.1 Å². The molecule has 0 radical (unpaired) electrons. The lowest BCUT2D eigenvalue weighted by atomic mass is 10.0. The number of nitrogens with zero attached hydrogens (tertiary/aromatic N) is 1. The molecule has 2 aliphatic heterocycles. The molecule has 1 aromatic carbocycles. The van der Waals surface area contributed by atoms with Crippen LogP contribution >= 0.6 is 11.6 Å². The van der Waals surface area contributed by atoms with Crippen LogP contribution in [0.1, 0.15) is 44.2 Å². The second kappa shape index (κ2) is 5.82. The second-order valence-electron chi connectivity index (χ2n) is 5.88. The van der Waals surface area contributed by atoms with E-state index in [0.717, 1.165) is 5.02 Å². The van der Waals surface area contributed by atoms with Crippen molar-refractivity contribution < 1.29 is 0 Å². The Kier molecular flexibility index (Phi) is 4.11. The van der Waals surface area contributed by atoms with E-state index in [1.807, 2.05) is 6.07 Å². The van der Waals surface area contributed by atoms with Crippen molar-refractivity contribution in [3.05, 3.63) is 34.9 Å². The first-order valence-electron chi connectivity index (χ1n) is 7.50. The molecule has 3 unspecified atom stereocenters. The van der Waals surface area contributed by atoms with Crippen LogP contribution in [0.5, 0.6) is 0 Å². The van der Waals surface area contributed by atoms with Gasteiger partial charge in [0.1, 0.15) is 0 Å². The number of benzene rings is 1. The Labute approximate surface area is 121 Å². The number of rotatable bonds is 3. The van der Waals surface area contributed by atoms with Gasteiger partial charge in [0.2, 0.25) is 0 Å². The Bertz CT molecular complexity index is 429. The number of likely N-dealkylation sites (tertiary alicyclic amines) is 1. The summed E-state index contributed by atoms with van der Waals surface area (Å²) in [5.74, 6) is 0. The maximum absolute atomic E-state index is 6.13. The van der Waals surface area contributed by atoms with Gasteiger partial charge < -0.3 is 5.32 Å². The maximum Gasteiger partial charge on any atom is 0.0409 e. The van der Waals surface area contributed by atoms with E-state index >= 15 is 0 Å². The highest BCUT2D eigenvalue weighted by molar-refractivity contribution is 6.30. The number of hydrogen-bond donors (Lipinski definition) is 1. The third-order valence-electron chi connectivity index (χ3n) is 4.73. The van der Waals surface area contributed by atoms with Gasteiger partial charge in [-0.3, -0.25) is 4.90 Å². The summed E-state index contributed by atoms with van der Waals surface area (Å²) in [4.78, 5) is 2.68. The summed E-state index contributed by atoms with van der Waals surface area (Å²) >= 11 is 6.13. The van der Waals surface area contributed by atoms with E-state index in [-0.39, 0.29) is 0 Å². The number of hydrogen-bond acceptors (Lipinski definition) is 2. The molecular formula is C16H23ClN2. The van der Waals surface area contributed by atoms with E-state index in [4.69, 9.17) is 11.6 Å². The molecule has 0 aromatic heterocycles. The Hall–Kier alpha value is -0.570. The SMILES string of the molecule is CC(c1cccc(Cl)c1)N1CCCC1C1CCCN1. The molecule has 3 atom stereocenters. The molecule has 2 saturated heterocycles. The predicted octanol–water partition coefficient (Wildman–Crippen LogP) is 3.62. The van der Waals surface area contributed by atoms with Crippen LogP contribution in [0.15, 0.2) is 24.3 Å². The van der Waals surface area contributed by atoms with Crippen molar-refractivity contribution in [2.75, 3.05) is 13.1 Å². The van der Waals surface area contributed by atoms with Gasteiger partial charge in [0.05, 0.1) is 0 Å². The number of halogens is 1. The van der Waals surface area contributed by atoms with Crippen molar-refractivity contribution in [2.45, 2.75) is 50.7 Å². The average Bonchev–Trinajstić information content (AvgIpc) is 3.08. The van der Waals surface area contributed by atoms with Crippen LogP contribution in [0.2, 0.25) is 5.02 Å². The van der Waals surface area contributed by atoms with Gasteiger partial charge in [0.15, 0.2) is 0 Å². The van der Waals surface area contributed by atoms with Crippen LogP contribution in [-0.4, -0.2) is 30.1 Å². The summed E-state index contributed by atoms with van der Waals surface area (Å²) in [6.07, 6.45) is 5.33. The van der Waals surface area contributed by atoms with Crippen molar-refractivity contribution in [1.82, 2.24) is 10.2 Å². The van der Waals surface area contributed by atoms with Crippen molar-refractivity contribution in [3.8, 4) is 0 Å². The van der Waals surface area contributed by atoms with Gasteiger partial charge in [0.25, 0.3) is 0 Å². The zero-order valence-corrected chi connectivity index (χ0v) is 12.4. The van der Waals surface area contributed by atoms with Crippen molar-refractivity contribution in [2.24, 2.45) is 0 Å². The highest BCUT2D eigenvalue weighted by Gasteiger charge is 2.35. The molecule has 3 heteroatoms. The van der Waals surface area contributed by atoms with E-state index in [1.165, 1.54) is 44.3 Å². The van der Waals surface area contributed by atoms with E-state index in [0.29, 0.717) is 18.1 Å². The van der Waals surface area contributed by atoms with Crippen molar-refractivity contribution in [3.63, 3.8) is 0 Å². The van der Waals surface area contributed by atoms with Gasteiger partial charge >= 0.3 is 0 Å². The van der Waals surface area contributed by atoms with Gasteiger partial charge in [-0.2, -0.15) is 0 Å². The first kappa shape index (κ1) is 13.4. The highest BCUT2D eigenvalue weighted by Crippen LogP contribution is 2.33. The fraction of sp³-hybridized carbons (Fsp3) is 0.625. The van der Waals surface area contributed by atoms with Crippen LogP contribution in [0, 0.1) is 0 Å². The molecule has 1 N–H and O–H groups in total. The van der Waals surface area contributed by atoms with Gasteiger partial charge in [-0.25, -0.2) is 0 Å². The van der Waals surface area contributed by atoms with E-state index in [2.05, 4.69) is 35.3 Å². The minimum atomic E-state index is 0.466. The monoisotopic (exact) mass is 278 g/mol. The number of nitrogens with one attached hydrogen (secondary N) is 1. The minimum Gasteiger partial charge on any atom is -0.312 e. The standard InChI is InChI=1S/C16H23ClN2/c1-12(13-5-2-6-14(17)11-13)19-10-4-8-16(19)15-7-3-9-18-15/h2,5-6,11-12,15-16,18H,3-4,7-10H2,1H3. The zero-order valence-electron chi connectivity index (χ0n) is 11.6. The fourth-order valence-corrected chi connectivity index (χ4v) is 3.92. The molecule has 2 heterocycles. The Morgan fingerprint density at radius 3 is 2.95 bits per heavy atom. The van der Waals surface area contributed by atoms with Crippen LogP contribution < -0.4 is 5.32 Å². The molecular weight excluding hydrogens is 256 g/mol. The van der Waals surface area contributed by atoms with Crippen molar-refractivity contribution >= 4 is 11.6 Å². The highest BCUT2D eigenvalue weighted by atomic mass is 35.5. The molecule has 3 rings (SSSR count). The molecule has 0 spiro atoms. The summed E-state index contributed by atoms with van der Waals surface area (Å²) in [5.41, 5.74) is 1.34. The zero-order chi connectivity index (χ0) is 13.2. The molecule has 1 aromatic rings. The third kappa shape index (κ3) is 2.81. The molecule has 0 saturated carbocycles. The minimum absolute atomic E-state index is 0.466. The molecule has 2 fully saturated rings. The summed E-state index contributed by atoms with van der Waals surface area (Å²) in [7, 11) is 0. The predicted molar refractivity (Wildman–Crippen MR) is 80.6 cm³/mol. The van der Waals surface area contributed by atoms with Gasteiger partial charge in [-0.1, -0.05) is 23.7 Å². The Balaban J connectivity index is 1.76. The van der Waals surface area contributed by atoms with Crippen LogP contribution in [0.4, 0.5) is 0 Å². The first-order chi connectivity index (χ1) is 9.25. The first-order valence-corrected chi connectivity index (χ1v) is 7.88. The molecule has 2 aliphatic rings. The van der Waals surface area contributed by atoms with Gasteiger partial charge in [-0.15, -0.1) is 0 Å². The van der Waals surface area contributed by atoms with Crippen LogP contribution in [0.25, 0.3) is 0 Å². The third-order valence-corrected chi connectivity index (χ3v) is 4.97. The summed E-state index contributed by atoms with van der Waals surface area (Å²) in [6, 6.07) is 10.2. The van der Waals surface area contributed by atoms with E-state index in [9.17, 15) is 0 Å². The van der Waals surface area contributed by atoms with Crippen molar-refractivity contribution in [1.29, 1.82) is 0 Å². The Morgan fingerprint density at radius 1 is 1.32 bits per heavy atom. The summed E-state index contributed by atoms with van der Waals surface area (Å²) in [5, 5.41) is 4.52. The topological polar surface area (TPSA) is 15.3 Å². The molecule has 2 nitrogen and oxygen atoms in total. The van der Waals surface area contributed by atoms with Crippen LogP contribution in [-0.2, 0) is 0 Å². The lowest BCUT2D eigenvalue weighted by Crippen LogP contribution is -2.44.